The summed E-state index contributed by atoms with van der Waals surface area (Å²) in [5.74, 6) is -2.75. The van der Waals surface area contributed by atoms with Crippen molar-refractivity contribution in [2.75, 3.05) is 6.61 Å². The van der Waals surface area contributed by atoms with Gasteiger partial charge in [-0.25, -0.2) is 13.8 Å². The van der Waals surface area contributed by atoms with Gasteiger partial charge in [0.05, 0.1) is 11.6 Å². The summed E-state index contributed by atoms with van der Waals surface area (Å²) in [7, 11) is -4.25. The molecule has 1 aromatic carbocycles. The van der Waals surface area contributed by atoms with Crippen molar-refractivity contribution < 1.29 is 37.5 Å². The minimum Gasteiger partial charge on any atom is -0.403 e. The molecule has 1 saturated heterocycles. The molecule has 5 atom stereocenters. The first-order chi connectivity index (χ1) is 14.5. The first-order valence-corrected chi connectivity index (χ1v) is 11.2. The minimum absolute atomic E-state index is 0.0602. The Bertz CT molecular complexity index is 1190. The Kier molecular flexibility index (Phi) is 5.86. The number of aromatic amines is 1. The Morgan fingerprint density at radius 2 is 2.23 bits per heavy atom. The van der Waals surface area contributed by atoms with Crippen LogP contribution in [0.15, 0.2) is 29.2 Å². The Balaban J connectivity index is 1.53. The molecular formula is C17H17ClFN2O8PS. The van der Waals surface area contributed by atoms with Crippen molar-refractivity contribution in [2.24, 2.45) is 0 Å². The number of aliphatic hydroxyl groups excluding tert-OH is 2. The van der Waals surface area contributed by atoms with E-state index in [0.29, 0.717) is 11.1 Å². The van der Waals surface area contributed by atoms with Crippen LogP contribution in [0, 0.1) is 11.6 Å². The van der Waals surface area contributed by atoms with E-state index >= 15 is 4.39 Å². The molecule has 0 bridgehead atoms. The third kappa shape index (κ3) is 4.10. The van der Waals surface area contributed by atoms with Gasteiger partial charge in [0, 0.05) is 11.8 Å². The summed E-state index contributed by atoms with van der Waals surface area (Å²) >= 11 is 10.7. The first kappa shape index (κ1) is 22.6. The molecular weight excluding hydrogens is 478 g/mol. The number of phosphoric ester groups is 1. The predicted molar refractivity (Wildman–Crippen MR) is 107 cm³/mol. The number of nitrogens with one attached hydrogen (secondary N) is 1. The second-order valence-electron chi connectivity index (χ2n) is 7.02. The van der Waals surface area contributed by atoms with Crippen molar-refractivity contribution in [2.45, 2.75) is 37.8 Å². The van der Waals surface area contributed by atoms with Crippen LogP contribution in [0.4, 0.5) is 4.39 Å². The number of benzene rings is 1. The van der Waals surface area contributed by atoms with E-state index in [9.17, 15) is 19.6 Å². The van der Waals surface area contributed by atoms with Crippen LogP contribution in [0.2, 0.25) is 5.02 Å². The average molecular weight is 495 g/mol. The third-order valence-electron chi connectivity index (χ3n) is 4.87. The lowest BCUT2D eigenvalue weighted by Gasteiger charge is -2.29. The lowest BCUT2D eigenvalue weighted by Crippen LogP contribution is -2.43. The topological polar surface area (TPSA) is 132 Å². The van der Waals surface area contributed by atoms with E-state index in [1.165, 1.54) is 0 Å². The number of alkyl halides is 1. The Morgan fingerprint density at radius 1 is 1.48 bits per heavy atom. The van der Waals surface area contributed by atoms with Gasteiger partial charge in [-0.15, -0.1) is 0 Å². The summed E-state index contributed by atoms with van der Waals surface area (Å²) in [6.07, 6.45) is -4.68. The number of aliphatic hydroxyl groups is 2. The largest absolute Gasteiger partial charge is 0.530 e. The number of ether oxygens (including phenoxy) is 1. The molecule has 3 N–H and O–H groups in total. The second-order valence-corrected chi connectivity index (χ2v) is 9.43. The molecule has 0 radical (unpaired) electrons. The zero-order valence-corrected chi connectivity index (χ0v) is 18.3. The molecule has 0 aliphatic carbocycles. The van der Waals surface area contributed by atoms with Crippen LogP contribution in [-0.2, 0) is 25.0 Å². The van der Waals surface area contributed by atoms with Gasteiger partial charge in [-0.3, -0.25) is 18.6 Å². The van der Waals surface area contributed by atoms with E-state index in [4.69, 9.17) is 42.1 Å². The molecule has 14 heteroatoms. The molecule has 1 fully saturated rings. The summed E-state index contributed by atoms with van der Waals surface area (Å²) < 4.78 is 49.4. The highest BCUT2D eigenvalue weighted by molar-refractivity contribution is 7.71. The highest BCUT2D eigenvalue weighted by Gasteiger charge is 2.57. The number of hydrogen-bond donors (Lipinski definition) is 3. The number of fused-ring (bicyclic) bond motifs is 1. The van der Waals surface area contributed by atoms with Crippen LogP contribution >= 0.6 is 31.6 Å². The zero-order valence-electron chi connectivity index (χ0n) is 15.9. The third-order valence-corrected chi connectivity index (χ3v) is 6.88. The van der Waals surface area contributed by atoms with E-state index in [0.717, 1.165) is 10.8 Å². The molecule has 0 saturated carbocycles. The molecule has 168 valence electrons. The summed E-state index contributed by atoms with van der Waals surface area (Å²) in [5, 5.41) is 20.4. The first-order valence-electron chi connectivity index (χ1n) is 8.94. The molecule has 0 spiro atoms. The van der Waals surface area contributed by atoms with Gasteiger partial charge in [-0.1, -0.05) is 42.0 Å². The van der Waals surface area contributed by atoms with Crippen molar-refractivity contribution in [1.82, 2.24) is 9.55 Å². The number of H-pyrrole nitrogens is 1. The van der Waals surface area contributed by atoms with Gasteiger partial charge >= 0.3 is 13.5 Å². The number of hydrogen-bond acceptors (Lipinski definition) is 9. The fourth-order valence-electron chi connectivity index (χ4n) is 3.22. The molecule has 2 aliphatic rings. The number of halogens is 2. The molecule has 3 heterocycles. The predicted octanol–water partition coefficient (Wildman–Crippen LogP) is 2.52. The van der Waals surface area contributed by atoms with E-state index < -0.39 is 44.4 Å². The fourth-order valence-corrected chi connectivity index (χ4v) is 4.81. The lowest BCUT2D eigenvalue weighted by molar-refractivity contribution is -0.205. The Labute approximate surface area is 184 Å². The molecule has 2 aliphatic heterocycles. The van der Waals surface area contributed by atoms with Gasteiger partial charge in [0.1, 0.15) is 29.2 Å². The van der Waals surface area contributed by atoms with E-state index in [1.54, 1.807) is 25.1 Å². The van der Waals surface area contributed by atoms with Gasteiger partial charge in [0.25, 0.3) is 5.85 Å². The van der Waals surface area contributed by atoms with Crippen LogP contribution in [0.3, 0.4) is 0 Å². The van der Waals surface area contributed by atoms with E-state index in [1.807, 2.05) is 0 Å². The van der Waals surface area contributed by atoms with Crippen LogP contribution in [0.1, 0.15) is 17.4 Å². The normalized spacial score (nSPS) is 32.5. The number of phosphoric acid groups is 1. The SMILES string of the molecule is Cc1cccc2c1OP(=O)(OC[C@@]1(F)O[C@@H](n3cc(Cl)c(=S)[nH]c3=O)[C@H](O)[C@@H]1O)OC2. The average Bonchev–Trinajstić information content (AvgIpc) is 2.95. The highest BCUT2D eigenvalue weighted by Crippen LogP contribution is 2.56. The molecule has 1 unspecified atom stereocenters. The maximum Gasteiger partial charge on any atom is 0.530 e. The van der Waals surface area contributed by atoms with Crippen molar-refractivity contribution in [3.63, 3.8) is 0 Å². The summed E-state index contributed by atoms with van der Waals surface area (Å²) in [6.45, 7) is 0.509. The maximum absolute atomic E-state index is 15.3. The Hall–Kier alpha value is -1.63. The van der Waals surface area contributed by atoms with E-state index in [-0.39, 0.29) is 22.0 Å². The van der Waals surface area contributed by atoms with Gasteiger partial charge < -0.3 is 19.5 Å². The van der Waals surface area contributed by atoms with Crippen LogP contribution in [0.25, 0.3) is 0 Å². The Morgan fingerprint density at radius 3 is 2.97 bits per heavy atom. The highest BCUT2D eigenvalue weighted by atomic mass is 35.5. The fraction of sp³-hybridized carbons (Fsp3) is 0.412. The minimum atomic E-state index is -4.25. The number of aromatic nitrogens is 2. The second kappa shape index (κ2) is 8.05. The van der Waals surface area contributed by atoms with Crippen molar-refractivity contribution in [1.29, 1.82) is 0 Å². The summed E-state index contributed by atoms with van der Waals surface area (Å²) in [5.41, 5.74) is 0.454. The number of aryl methyl sites for hydroxylation is 1. The van der Waals surface area contributed by atoms with Crippen LogP contribution < -0.4 is 10.2 Å². The van der Waals surface area contributed by atoms with Gasteiger partial charge in [-0.2, -0.15) is 0 Å². The molecule has 31 heavy (non-hydrogen) atoms. The zero-order chi connectivity index (χ0) is 22.6. The van der Waals surface area contributed by atoms with Gasteiger partial charge in [0.15, 0.2) is 6.23 Å². The number of nitrogens with zero attached hydrogens (tertiary/aromatic N) is 1. The molecule has 2 aromatic rings. The van der Waals surface area contributed by atoms with Crippen LogP contribution in [-0.4, -0.2) is 44.4 Å². The van der Waals surface area contributed by atoms with Gasteiger partial charge in [0.2, 0.25) is 0 Å². The van der Waals surface area contributed by atoms with Crippen LogP contribution in [0.5, 0.6) is 5.75 Å². The monoisotopic (exact) mass is 494 g/mol. The number of para-hydroxylation sites is 1. The van der Waals surface area contributed by atoms with Gasteiger partial charge in [-0.05, 0) is 12.5 Å². The van der Waals surface area contributed by atoms with Crippen molar-refractivity contribution in [3.05, 3.63) is 55.7 Å². The van der Waals surface area contributed by atoms with Crippen molar-refractivity contribution >= 4 is 31.6 Å². The van der Waals surface area contributed by atoms with E-state index in [2.05, 4.69) is 4.98 Å². The summed E-state index contributed by atoms with van der Waals surface area (Å²) in [6, 6.07) is 5.20. The number of rotatable bonds is 4. The quantitative estimate of drug-likeness (QED) is 0.433. The maximum atomic E-state index is 15.3. The standard InChI is InChI=1S/C17H17ClFN2O8PS/c1-8-3-2-4-9-6-26-30(25,29-12(8)9)27-7-17(19)13(23)11(22)15(28-17)21-5-10(18)14(31)20-16(21)24/h2-5,11,13,15,22-23H,6-7H2,1H3,(H,20,24,31)/t11-,13+,15-,17-,30?/m1/s1. The smallest absolute Gasteiger partial charge is 0.403 e. The molecule has 4 rings (SSSR count). The lowest BCUT2D eigenvalue weighted by atomic mass is 10.1. The molecule has 10 nitrogen and oxygen atoms in total. The summed E-state index contributed by atoms with van der Waals surface area (Å²) in [4.78, 5) is 14.3. The molecule has 1 aromatic heterocycles. The molecule has 0 amide bonds. The van der Waals surface area contributed by atoms with Crippen molar-refractivity contribution in [3.8, 4) is 5.75 Å².